The first-order valence-electron chi connectivity index (χ1n) is 5.42. The summed E-state index contributed by atoms with van der Waals surface area (Å²) < 4.78 is 14.5. The number of carbonyl (C=O) groups excluding carboxylic acids is 1. The van der Waals surface area contributed by atoms with Crippen LogP contribution in [-0.4, -0.2) is 43.4 Å². The average Bonchev–Trinajstić information content (AvgIpc) is 2.40. The molecular weight excluding hydrogens is 260 g/mol. The molecule has 0 atom stereocenters. The molecule has 0 fully saturated rings. The van der Waals surface area contributed by atoms with Gasteiger partial charge in [0.05, 0.1) is 13.7 Å². The van der Waals surface area contributed by atoms with Gasteiger partial charge in [0.1, 0.15) is 6.61 Å². The van der Waals surface area contributed by atoms with E-state index in [1.165, 1.54) is 13.2 Å². The van der Waals surface area contributed by atoms with Crippen LogP contribution in [-0.2, 0) is 9.47 Å². The third kappa shape index (κ3) is 5.79. The van der Waals surface area contributed by atoms with E-state index in [1.807, 2.05) is 13.8 Å². The molecule has 0 amide bonds. The molecule has 0 bridgehead atoms. The quantitative estimate of drug-likeness (QED) is 0.465. The van der Waals surface area contributed by atoms with Crippen LogP contribution in [0.15, 0.2) is 6.07 Å². The molecule has 0 radical (unpaired) electrons. The van der Waals surface area contributed by atoms with Gasteiger partial charge in [-0.05, 0) is 11.6 Å². The van der Waals surface area contributed by atoms with Crippen molar-refractivity contribution in [2.24, 2.45) is 0 Å². The Morgan fingerprint density at radius 2 is 1.94 bits per heavy atom. The van der Waals surface area contributed by atoms with E-state index in [0.717, 1.165) is 0 Å². The lowest BCUT2D eigenvalue weighted by molar-refractivity contribution is 0.0593. The molecule has 0 aliphatic rings. The number of methoxy groups -OCH3 is 2. The van der Waals surface area contributed by atoms with Gasteiger partial charge in [0.15, 0.2) is 5.69 Å². The molecule has 6 nitrogen and oxygen atoms in total. The Labute approximate surface area is 111 Å². The summed E-state index contributed by atoms with van der Waals surface area (Å²) in [5, 5.41) is -0.0738. The van der Waals surface area contributed by atoms with Crippen molar-refractivity contribution in [3.63, 3.8) is 0 Å². The molecule has 0 spiro atoms. The van der Waals surface area contributed by atoms with Crippen LogP contribution in [0.2, 0.25) is 5.28 Å². The van der Waals surface area contributed by atoms with Gasteiger partial charge in [0.25, 0.3) is 0 Å². The highest BCUT2D eigenvalue weighted by Gasteiger charge is 2.11. The molecule has 0 saturated carbocycles. The Morgan fingerprint density at radius 3 is 2.50 bits per heavy atom. The summed E-state index contributed by atoms with van der Waals surface area (Å²) in [6.45, 7) is 4.72. The third-order valence-electron chi connectivity index (χ3n) is 1.61. The highest BCUT2D eigenvalue weighted by molar-refractivity contribution is 6.28. The third-order valence-corrected chi connectivity index (χ3v) is 1.78. The minimum Gasteiger partial charge on any atom is -0.475 e. The van der Waals surface area contributed by atoms with E-state index in [-0.39, 0.29) is 16.9 Å². The second kappa shape index (κ2) is 9.61. The number of rotatable bonds is 5. The van der Waals surface area contributed by atoms with Crippen molar-refractivity contribution in [2.75, 3.05) is 27.4 Å². The molecule has 18 heavy (non-hydrogen) atoms. The van der Waals surface area contributed by atoms with Crippen LogP contribution in [0.4, 0.5) is 0 Å². The molecule has 0 aromatic carbocycles. The van der Waals surface area contributed by atoms with Crippen LogP contribution in [0.1, 0.15) is 24.3 Å². The minimum absolute atomic E-state index is 0.0508. The number of hydrogen-bond donors (Lipinski definition) is 0. The number of nitrogens with zero attached hydrogens (tertiary/aromatic N) is 2. The highest BCUT2D eigenvalue weighted by Crippen LogP contribution is 2.13. The van der Waals surface area contributed by atoms with Crippen molar-refractivity contribution in [2.45, 2.75) is 13.8 Å². The zero-order valence-electron chi connectivity index (χ0n) is 10.9. The van der Waals surface area contributed by atoms with Gasteiger partial charge in [-0.15, -0.1) is 0 Å². The van der Waals surface area contributed by atoms with Gasteiger partial charge in [-0.2, -0.15) is 4.98 Å². The molecular formula is C11H17ClN2O4. The summed E-state index contributed by atoms with van der Waals surface area (Å²) in [5.41, 5.74) is 0.0508. The summed E-state index contributed by atoms with van der Waals surface area (Å²) in [6, 6.07) is 1.35. The van der Waals surface area contributed by atoms with Crippen LogP contribution < -0.4 is 4.74 Å². The van der Waals surface area contributed by atoms with Crippen molar-refractivity contribution < 1.29 is 19.0 Å². The van der Waals surface area contributed by atoms with Crippen molar-refractivity contribution in [1.29, 1.82) is 0 Å². The van der Waals surface area contributed by atoms with Crippen molar-refractivity contribution in [3.05, 3.63) is 17.0 Å². The zero-order valence-corrected chi connectivity index (χ0v) is 11.7. The molecule has 1 aromatic heterocycles. The van der Waals surface area contributed by atoms with E-state index < -0.39 is 5.97 Å². The smallest absolute Gasteiger partial charge is 0.356 e. The molecule has 1 heterocycles. The van der Waals surface area contributed by atoms with Gasteiger partial charge in [-0.25, -0.2) is 9.78 Å². The van der Waals surface area contributed by atoms with Gasteiger partial charge in [0.2, 0.25) is 11.2 Å². The molecule has 0 aliphatic heterocycles. The van der Waals surface area contributed by atoms with Crippen LogP contribution in [0.3, 0.4) is 0 Å². The Morgan fingerprint density at radius 1 is 1.28 bits per heavy atom. The number of carbonyl (C=O) groups is 1. The van der Waals surface area contributed by atoms with Gasteiger partial charge >= 0.3 is 5.97 Å². The van der Waals surface area contributed by atoms with E-state index >= 15 is 0 Å². The van der Waals surface area contributed by atoms with E-state index in [1.54, 1.807) is 7.11 Å². The summed E-state index contributed by atoms with van der Waals surface area (Å²) in [5.74, 6) is -0.390. The van der Waals surface area contributed by atoms with Crippen LogP contribution in [0.5, 0.6) is 5.88 Å². The maximum atomic E-state index is 11.2. The fourth-order valence-corrected chi connectivity index (χ4v) is 1.08. The van der Waals surface area contributed by atoms with E-state index in [2.05, 4.69) is 14.7 Å². The lowest BCUT2D eigenvalue weighted by Gasteiger charge is -2.05. The van der Waals surface area contributed by atoms with E-state index in [4.69, 9.17) is 21.1 Å². The lowest BCUT2D eigenvalue weighted by atomic mass is 10.4. The topological polar surface area (TPSA) is 70.5 Å². The van der Waals surface area contributed by atoms with Crippen LogP contribution in [0, 0.1) is 0 Å². The van der Waals surface area contributed by atoms with E-state index in [0.29, 0.717) is 13.2 Å². The molecule has 1 rings (SSSR count). The Balaban J connectivity index is 0.00000137. The van der Waals surface area contributed by atoms with Gasteiger partial charge in [-0.3, -0.25) is 0 Å². The fourth-order valence-electron chi connectivity index (χ4n) is 0.909. The number of aromatic nitrogens is 2. The standard InChI is InChI=1S/C9H11ClN2O4.C2H6/c1-14-3-4-16-7-5-6(8(13)15-2)11-9(10)12-7;1-2/h5H,3-4H2,1-2H3;1-2H3. The average molecular weight is 277 g/mol. The van der Waals surface area contributed by atoms with Crippen molar-refractivity contribution in [3.8, 4) is 5.88 Å². The minimum atomic E-state index is -0.596. The number of ether oxygens (including phenoxy) is 3. The lowest BCUT2D eigenvalue weighted by Crippen LogP contribution is -2.09. The maximum Gasteiger partial charge on any atom is 0.356 e. The summed E-state index contributed by atoms with van der Waals surface area (Å²) in [7, 11) is 2.81. The molecule has 0 unspecified atom stereocenters. The largest absolute Gasteiger partial charge is 0.475 e. The van der Waals surface area contributed by atoms with Gasteiger partial charge in [-0.1, -0.05) is 13.8 Å². The second-order valence-corrected chi connectivity index (χ2v) is 3.03. The molecule has 7 heteroatoms. The Bertz CT molecular complexity index is 374. The summed E-state index contributed by atoms with van der Waals surface area (Å²) >= 11 is 5.62. The molecule has 102 valence electrons. The first-order chi connectivity index (χ1) is 8.67. The van der Waals surface area contributed by atoms with E-state index in [9.17, 15) is 4.79 Å². The summed E-state index contributed by atoms with van der Waals surface area (Å²) in [6.07, 6.45) is 0. The van der Waals surface area contributed by atoms with Gasteiger partial charge in [0, 0.05) is 13.2 Å². The predicted octanol–water partition coefficient (Wildman–Crippen LogP) is 1.97. The maximum absolute atomic E-state index is 11.2. The zero-order chi connectivity index (χ0) is 14.0. The number of halogens is 1. The number of esters is 1. The molecule has 0 saturated heterocycles. The SMILES string of the molecule is CC.COCCOc1cc(C(=O)OC)nc(Cl)n1. The van der Waals surface area contributed by atoms with Crippen LogP contribution in [0.25, 0.3) is 0 Å². The van der Waals surface area contributed by atoms with Crippen molar-refractivity contribution in [1.82, 2.24) is 9.97 Å². The molecule has 0 aliphatic carbocycles. The normalized spacial score (nSPS) is 9.17. The summed E-state index contributed by atoms with van der Waals surface area (Å²) in [4.78, 5) is 18.7. The molecule has 1 aromatic rings. The van der Waals surface area contributed by atoms with Gasteiger partial charge < -0.3 is 14.2 Å². The predicted molar refractivity (Wildman–Crippen MR) is 67.1 cm³/mol. The van der Waals surface area contributed by atoms with Crippen molar-refractivity contribution >= 4 is 17.6 Å². The second-order valence-electron chi connectivity index (χ2n) is 2.69. The number of hydrogen-bond acceptors (Lipinski definition) is 6. The fraction of sp³-hybridized carbons (Fsp3) is 0.545. The Hall–Kier alpha value is -1.40. The monoisotopic (exact) mass is 276 g/mol. The highest BCUT2D eigenvalue weighted by atomic mass is 35.5. The molecule has 0 N–H and O–H groups in total. The first kappa shape index (κ1) is 16.6. The Kier molecular flexibility index (Phi) is 8.86. The van der Waals surface area contributed by atoms with Crippen LogP contribution >= 0.6 is 11.6 Å². The first-order valence-corrected chi connectivity index (χ1v) is 5.79.